The van der Waals surface area contributed by atoms with Crippen LogP contribution < -0.4 is 4.90 Å². The van der Waals surface area contributed by atoms with Crippen molar-refractivity contribution in [3.8, 4) is 0 Å². The highest BCUT2D eigenvalue weighted by molar-refractivity contribution is 5.87. The first-order valence-corrected chi connectivity index (χ1v) is 6.83. The molecule has 21 heavy (non-hydrogen) atoms. The number of hydrogen-bond acceptors (Lipinski definition) is 5. The van der Waals surface area contributed by atoms with Crippen LogP contribution in [0, 0.1) is 6.92 Å². The van der Waals surface area contributed by atoms with Crippen LogP contribution in [0.15, 0.2) is 12.1 Å². The summed E-state index contributed by atoms with van der Waals surface area (Å²) >= 11 is 0. The Bertz CT molecular complexity index is 592. The Morgan fingerprint density at radius 3 is 2.52 bits per heavy atom. The van der Waals surface area contributed by atoms with Crippen LogP contribution in [-0.4, -0.2) is 59.3 Å². The summed E-state index contributed by atoms with van der Waals surface area (Å²) in [7, 11) is 1.33. The predicted molar refractivity (Wildman–Crippen MR) is 74.6 cm³/mol. The van der Waals surface area contributed by atoms with Gasteiger partial charge in [0.05, 0.1) is 30.6 Å². The molecule has 4 heterocycles. The van der Waals surface area contributed by atoms with E-state index in [1.807, 2.05) is 13.0 Å². The zero-order chi connectivity index (χ0) is 15.1. The normalized spacial score (nSPS) is 23.5. The minimum atomic E-state index is -0.841. The highest BCUT2D eigenvalue weighted by Gasteiger charge is 2.47. The first kappa shape index (κ1) is 13.7. The van der Waals surface area contributed by atoms with Gasteiger partial charge in [-0.25, -0.2) is 14.6 Å². The molecule has 2 atom stereocenters. The van der Waals surface area contributed by atoms with E-state index >= 15 is 0 Å². The lowest BCUT2D eigenvalue weighted by Gasteiger charge is -2.55. The van der Waals surface area contributed by atoms with Crippen molar-refractivity contribution in [2.75, 3.05) is 25.1 Å². The summed E-state index contributed by atoms with van der Waals surface area (Å²) in [6, 6.07) is 3.61. The minimum Gasteiger partial charge on any atom is -0.465 e. The number of carbonyl (C=O) groups is 2. The van der Waals surface area contributed by atoms with Gasteiger partial charge in [0.2, 0.25) is 0 Å². The Labute approximate surface area is 122 Å². The van der Waals surface area contributed by atoms with Crippen molar-refractivity contribution in [2.45, 2.75) is 25.4 Å². The van der Waals surface area contributed by atoms with Crippen LogP contribution in [0.2, 0.25) is 0 Å². The maximum absolute atomic E-state index is 11.5. The van der Waals surface area contributed by atoms with E-state index in [0.717, 1.165) is 17.8 Å². The maximum atomic E-state index is 11.5. The third-order valence-electron chi connectivity index (χ3n) is 4.21. The molecule has 7 heteroatoms. The molecule has 1 amide bonds. The molecule has 112 valence electrons. The minimum absolute atomic E-state index is 0.0564. The monoisotopic (exact) mass is 291 g/mol. The van der Waals surface area contributed by atoms with Crippen LogP contribution in [0.25, 0.3) is 0 Å². The van der Waals surface area contributed by atoms with E-state index in [9.17, 15) is 9.59 Å². The quantitative estimate of drug-likeness (QED) is 0.822. The number of pyridine rings is 1. The number of methoxy groups -OCH3 is 1. The van der Waals surface area contributed by atoms with Crippen LogP contribution >= 0.6 is 0 Å². The molecule has 2 bridgehead atoms. The Kier molecular flexibility index (Phi) is 3.19. The predicted octanol–water partition coefficient (Wildman–Crippen LogP) is 1.12. The van der Waals surface area contributed by atoms with Crippen LogP contribution in [0.3, 0.4) is 0 Å². The molecule has 2 unspecified atom stereocenters. The van der Waals surface area contributed by atoms with Crippen LogP contribution in [0.4, 0.5) is 10.5 Å². The number of hydrogen-bond donors (Lipinski definition) is 1. The summed E-state index contributed by atoms with van der Waals surface area (Å²) < 4.78 is 4.65. The molecule has 3 aliphatic heterocycles. The molecular formula is C14H17N3O4. The number of aryl methyl sites for hydroxylation is 1. The summed E-state index contributed by atoms with van der Waals surface area (Å²) in [5.74, 6) is -0.455. The lowest BCUT2D eigenvalue weighted by atomic mass is 9.87. The average Bonchev–Trinajstić information content (AvgIpc) is 2.45. The largest absolute Gasteiger partial charge is 0.465 e. The molecule has 0 aromatic carbocycles. The summed E-state index contributed by atoms with van der Waals surface area (Å²) in [5, 5.41) is 9.12. The standard InChI is InChI=1S/C14H17N3O4/c1-8-12(4-3-11(15-8)13(18)21-2)16-6-9-5-10(7-16)17(9)14(19)20/h3-4,9-10H,5-7H2,1-2H3,(H,19,20). The summed E-state index contributed by atoms with van der Waals surface area (Å²) in [6.07, 6.45) is 0.0852. The fourth-order valence-corrected chi connectivity index (χ4v) is 3.22. The van der Waals surface area contributed by atoms with Crippen molar-refractivity contribution in [2.24, 2.45) is 0 Å². The van der Waals surface area contributed by atoms with Crippen molar-refractivity contribution in [1.82, 2.24) is 9.88 Å². The number of carbonyl (C=O) groups excluding carboxylic acids is 1. The topological polar surface area (TPSA) is 83.0 Å². The molecule has 0 spiro atoms. The third kappa shape index (κ3) is 2.18. The van der Waals surface area contributed by atoms with Crippen molar-refractivity contribution >= 4 is 17.7 Å². The number of nitrogens with zero attached hydrogens (tertiary/aromatic N) is 3. The van der Waals surface area contributed by atoms with Gasteiger partial charge in [0.1, 0.15) is 5.69 Å². The fraction of sp³-hybridized carbons (Fsp3) is 0.500. The van der Waals surface area contributed by atoms with Crippen molar-refractivity contribution in [3.63, 3.8) is 0 Å². The second kappa shape index (κ2) is 4.91. The van der Waals surface area contributed by atoms with Gasteiger partial charge in [-0.15, -0.1) is 0 Å². The van der Waals surface area contributed by atoms with Crippen LogP contribution in [0.5, 0.6) is 0 Å². The number of esters is 1. The molecular weight excluding hydrogens is 274 g/mol. The van der Waals surface area contributed by atoms with E-state index in [0.29, 0.717) is 13.1 Å². The van der Waals surface area contributed by atoms with Gasteiger partial charge in [-0.2, -0.15) is 0 Å². The number of piperazine rings is 1. The molecule has 3 fully saturated rings. The molecule has 1 aromatic rings. The zero-order valence-corrected chi connectivity index (χ0v) is 11.9. The van der Waals surface area contributed by atoms with Gasteiger partial charge in [-0.05, 0) is 25.5 Å². The lowest BCUT2D eigenvalue weighted by molar-refractivity contribution is 0.0114. The number of ether oxygens (including phenoxy) is 1. The first-order valence-electron chi connectivity index (χ1n) is 6.83. The third-order valence-corrected chi connectivity index (χ3v) is 4.21. The van der Waals surface area contributed by atoms with Gasteiger partial charge in [-0.1, -0.05) is 0 Å². The number of anilines is 1. The highest BCUT2D eigenvalue weighted by Crippen LogP contribution is 2.35. The SMILES string of the molecule is COC(=O)c1ccc(N2CC3CC(C2)N3C(=O)O)c(C)n1. The number of amides is 1. The summed E-state index contributed by atoms with van der Waals surface area (Å²) in [6.45, 7) is 3.18. The number of piperidine rings is 1. The Morgan fingerprint density at radius 1 is 1.33 bits per heavy atom. The molecule has 3 aliphatic rings. The summed E-state index contributed by atoms with van der Waals surface area (Å²) in [4.78, 5) is 30.5. The second-order valence-corrected chi connectivity index (χ2v) is 5.43. The zero-order valence-electron chi connectivity index (χ0n) is 11.9. The molecule has 7 nitrogen and oxygen atoms in total. The highest BCUT2D eigenvalue weighted by atomic mass is 16.5. The van der Waals surface area contributed by atoms with E-state index < -0.39 is 12.1 Å². The first-order chi connectivity index (χ1) is 10.0. The molecule has 0 saturated carbocycles. The Morgan fingerprint density at radius 2 is 2.00 bits per heavy atom. The lowest BCUT2D eigenvalue weighted by Crippen LogP contribution is -2.70. The van der Waals surface area contributed by atoms with Crippen LogP contribution in [-0.2, 0) is 4.74 Å². The average molecular weight is 291 g/mol. The number of fused-ring (bicyclic) bond motifs is 2. The fourth-order valence-electron chi connectivity index (χ4n) is 3.22. The second-order valence-electron chi connectivity index (χ2n) is 5.43. The van der Waals surface area contributed by atoms with Crippen molar-refractivity contribution < 1.29 is 19.4 Å². The smallest absolute Gasteiger partial charge is 0.407 e. The van der Waals surface area contributed by atoms with Gasteiger partial charge in [0.15, 0.2) is 0 Å². The van der Waals surface area contributed by atoms with E-state index in [4.69, 9.17) is 5.11 Å². The van der Waals surface area contributed by atoms with E-state index in [-0.39, 0.29) is 17.8 Å². The van der Waals surface area contributed by atoms with Crippen molar-refractivity contribution in [3.05, 3.63) is 23.5 Å². The van der Waals surface area contributed by atoms with Crippen LogP contribution in [0.1, 0.15) is 22.6 Å². The maximum Gasteiger partial charge on any atom is 0.407 e. The molecule has 1 N–H and O–H groups in total. The van der Waals surface area contributed by atoms with Crippen molar-refractivity contribution in [1.29, 1.82) is 0 Å². The van der Waals surface area contributed by atoms with E-state index in [1.165, 1.54) is 12.0 Å². The number of carboxylic acid groups (broad SMARTS) is 1. The number of rotatable bonds is 2. The molecule has 3 saturated heterocycles. The van der Waals surface area contributed by atoms with Gasteiger partial charge >= 0.3 is 12.1 Å². The Balaban J connectivity index is 1.77. The van der Waals surface area contributed by atoms with Gasteiger partial charge in [-0.3, -0.25) is 4.90 Å². The van der Waals surface area contributed by atoms with Gasteiger partial charge in [0, 0.05) is 13.1 Å². The van der Waals surface area contributed by atoms with E-state index in [1.54, 1.807) is 6.07 Å². The molecule has 0 radical (unpaired) electrons. The molecule has 4 rings (SSSR count). The van der Waals surface area contributed by atoms with Gasteiger partial charge in [0.25, 0.3) is 0 Å². The summed E-state index contributed by atoms with van der Waals surface area (Å²) in [5.41, 5.74) is 1.98. The molecule has 1 aromatic heterocycles. The Hall–Kier alpha value is -2.31. The number of aromatic nitrogens is 1. The molecule has 0 aliphatic carbocycles. The van der Waals surface area contributed by atoms with E-state index in [2.05, 4.69) is 14.6 Å². The van der Waals surface area contributed by atoms with Gasteiger partial charge < -0.3 is 14.7 Å².